The predicted molar refractivity (Wildman–Crippen MR) is 83.7 cm³/mol. The third-order valence-electron chi connectivity index (χ3n) is 3.99. The van der Waals surface area contributed by atoms with Crippen LogP contribution in [0.4, 0.5) is 0 Å². The first-order valence-electron chi connectivity index (χ1n) is 7.54. The molecule has 1 aliphatic rings. The second-order valence-corrected chi connectivity index (χ2v) is 5.59. The van der Waals surface area contributed by atoms with Crippen molar-refractivity contribution in [1.82, 2.24) is 14.9 Å². The smallest absolute Gasteiger partial charge is 0.308 e. The fourth-order valence-corrected chi connectivity index (χ4v) is 2.72. The standard InChI is InChI=1S/C17H17N3O3/c21-16(20-8-4-7-13(11-20)17(22)23)14-9-18-15(19-10-14)12-5-2-1-3-6-12/h1-3,5-6,9-10,13H,4,7-8,11H2,(H,22,23)/t13-/m0/s1. The number of hydrogen-bond acceptors (Lipinski definition) is 4. The largest absolute Gasteiger partial charge is 0.481 e. The van der Waals surface area contributed by atoms with E-state index in [-0.39, 0.29) is 12.5 Å². The Balaban J connectivity index is 1.74. The number of nitrogens with zero attached hydrogens (tertiary/aromatic N) is 3. The number of benzene rings is 1. The van der Waals surface area contributed by atoms with Crippen LogP contribution in [0, 0.1) is 5.92 Å². The molecule has 0 bridgehead atoms. The molecule has 1 fully saturated rings. The monoisotopic (exact) mass is 311 g/mol. The van der Waals surface area contributed by atoms with Crippen molar-refractivity contribution in [2.75, 3.05) is 13.1 Å². The van der Waals surface area contributed by atoms with Crippen LogP contribution in [0.1, 0.15) is 23.2 Å². The molecule has 0 aliphatic carbocycles. The number of carbonyl (C=O) groups is 2. The van der Waals surface area contributed by atoms with Gasteiger partial charge < -0.3 is 10.0 Å². The second kappa shape index (κ2) is 6.56. The molecule has 0 spiro atoms. The molecule has 1 amide bonds. The second-order valence-electron chi connectivity index (χ2n) is 5.59. The third kappa shape index (κ3) is 3.36. The Bertz CT molecular complexity index is 701. The number of carbonyl (C=O) groups excluding carboxylic acids is 1. The molecule has 2 heterocycles. The molecule has 1 saturated heterocycles. The molecule has 1 atom stereocenters. The minimum absolute atomic E-state index is 0.212. The van der Waals surface area contributed by atoms with E-state index in [2.05, 4.69) is 9.97 Å². The van der Waals surface area contributed by atoms with E-state index in [0.717, 1.165) is 5.56 Å². The van der Waals surface area contributed by atoms with Crippen molar-refractivity contribution in [3.05, 3.63) is 48.3 Å². The molecule has 23 heavy (non-hydrogen) atoms. The molecule has 3 rings (SSSR count). The number of aliphatic carboxylic acids is 1. The lowest BCUT2D eigenvalue weighted by Gasteiger charge is -2.30. The maximum Gasteiger partial charge on any atom is 0.308 e. The molecular formula is C17H17N3O3. The Morgan fingerprint density at radius 2 is 1.83 bits per heavy atom. The highest BCUT2D eigenvalue weighted by molar-refractivity contribution is 5.94. The van der Waals surface area contributed by atoms with Crippen LogP contribution in [-0.4, -0.2) is 44.9 Å². The van der Waals surface area contributed by atoms with E-state index in [1.807, 2.05) is 30.3 Å². The topological polar surface area (TPSA) is 83.4 Å². The first-order valence-corrected chi connectivity index (χ1v) is 7.54. The highest BCUT2D eigenvalue weighted by Crippen LogP contribution is 2.19. The van der Waals surface area contributed by atoms with Gasteiger partial charge in [0.2, 0.25) is 0 Å². The van der Waals surface area contributed by atoms with E-state index in [1.54, 1.807) is 4.90 Å². The molecule has 0 unspecified atom stereocenters. The van der Waals surface area contributed by atoms with Crippen molar-refractivity contribution < 1.29 is 14.7 Å². The number of piperidine rings is 1. The maximum atomic E-state index is 12.5. The summed E-state index contributed by atoms with van der Waals surface area (Å²) in [7, 11) is 0. The van der Waals surface area contributed by atoms with Crippen molar-refractivity contribution in [1.29, 1.82) is 0 Å². The van der Waals surface area contributed by atoms with Gasteiger partial charge in [-0.15, -0.1) is 0 Å². The number of carboxylic acid groups (broad SMARTS) is 1. The molecule has 0 radical (unpaired) electrons. The number of likely N-dealkylation sites (tertiary alicyclic amines) is 1. The summed E-state index contributed by atoms with van der Waals surface area (Å²) in [6.45, 7) is 0.817. The van der Waals surface area contributed by atoms with Gasteiger partial charge in [-0.25, -0.2) is 9.97 Å². The number of hydrogen-bond donors (Lipinski definition) is 1. The fraction of sp³-hybridized carbons (Fsp3) is 0.294. The lowest BCUT2D eigenvalue weighted by molar-refractivity contribution is -0.143. The van der Waals surface area contributed by atoms with Gasteiger partial charge in [0.15, 0.2) is 5.82 Å². The van der Waals surface area contributed by atoms with Crippen molar-refractivity contribution in [3.63, 3.8) is 0 Å². The SMILES string of the molecule is O=C(O)[C@H]1CCCN(C(=O)c2cnc(-c3ccccc3)nc2)C1. The van der Waals surface area contributed by atoms with E-state index in [9.17, 15) is 9.59 Å². The number of rotatable bonds is 3. The summed E-state index contributed by atoms with van der Waals surface area (Å²) in [6.07, 6.45) is 4.32. The first kappa shape index (κ1) is 15.1. The van der Waals surface area contributed by atoms with Gasteiger partial charge in [-0.05, 0) is 12.8 Å². The zero-order valence-corrected chi connectivity index (χ0v) is 12.6. The summed E-state index contributed by atoms with van der Waals surface area (Å²) in [4.78, 5) is 33.6. The van der Waals surface area contributed by atoms with Crippen LogP contribution in [-0.2, 0) is 4.79 Å². The molecule has 0 saturated carbocycles. The van der Waals surface area contributed by atoms with Gasteiger partial charge in [0.1, 0.15) is 0 Å². The van der Waals surface area contributed by atoms with E-state index in [4.69, 9.17) is 5.11 Å². The molecule has 118 valence electrons. The van der Waals surface area contributed by atoms with Crippen LogP contribution in [0.2, 0.25) is 0 Å². The van der Waals surface area contributed by atoms with Gasteiger partial charge in [0, 0.05) is 31.0 Å². The average molecular weight is 311 g/mol. The highest BCUT2D eigenvalue weighted by Gasteiger charge is 2.28. The lowest BCUT2D eigenvalue weighted by atomic mass is 9.98. The van der Waals surface area contributed by atoms with Crippen molar-refractivity contribution in [2.24, 2.45) is 5.92 Å². The molecule has 1 aromatic carbocycles. The summed E-state index contributed by atoms with van der Waals surface area (Å²) in [6, 6.07) is 9.52. The van der Waals surface area contributed by atoms with E-state index >= 15 is 0 Å². The van der Waals surface area contributed by atoms with Crippen molar-refractivity contribution in [3.8, 4) is 11.4 Å². The molecule has 1 aromatic heterocycles. The number of carboxylic acids is 1. The Morgan fingerprint density at radius 3 is 2.48 bits per heavy atom. The van der Waals surface area contributed by atoms with Crippen LogP contribution in [0.5, 0.6) is 0 Å². The van der Waals surface area contributed by atoms with Gasteiger partial charge in [-0.1, -0.05) is 30.3 Å². The Hall–Kier alpha value is -2.76. The predicted octanol–water partition coefficient (Wildman–Crippen LogP) is 2.08. The Kier molecular flexibility index (Phi) is 4.32. The van der Waals surface area contributed by atoms with Crippen molar-refractivity contribution in [2.45, 2.75) is 12.8 Å². The Labute approximate surface area is 133 Å². The maximum absolute atomic E-state index is 12.5. The lowest BCUT2D eigenvalue weighted by Crippen LogP contribution is -2.42. The normalized spacial score (nSPS) is 17.7. The van der Waals surface area contributed by atoms with Gasteiger partial charge in [0.05, 0.1) is 11.5 Å². The van der Waals surface area contributed by atoms with Crippen LogP contribution in [0.3, 0.4) is 0 Å². The van der Waals surface area contributed by atoms with Crippen LogP contribution in [0.25, 0.3) is 11.4 Å². The quantitative estimate of drug-likeness (QED) is 0.938. The third-order valence-corrected chi connectivity index (χ3v) is 3.99. The molecular weight excluding hydrogens is 294 g/mol. The van der Waals surface area contributed by atoms with Gasteiger partial charge in [0.25, 0.3) is 5.91 Å². The van der Waals surface area contributed by atoms with E-state index < -0.39 is 11.9 Å². The summed E-state index contributed by atoms with van der Waals surface area (Å²) in [5.41, 5.74) is 1.27. The van der Waals surface area contributed by atoms with Gasteiger partial charge >= 0.3 is 5.97 Å². The van der Waals surface area contributed by atoms with E-state index in [0.29, 0.717) is 30.8 Å². The van der Waals surface area contributed by atoms with Gasteiger partial charge in [-0.3, -0.25) is 9.59 Å². The van der Waals surface area contributed by atoms with Crippen LogP contribution < -0.4 is 0 Å². The number of aromatic nitrogens is 2. The summed E-state index contributed by atoms with van der Waals surface area (Å²) < 4.78 is 0. The molecule has 6 nitrogen and oxygen atoms in total. The Morgan fingerprint density at radius 1 is 1.13 bits per heavy atom. The van der Waals surface area contributed by atoms with Crippen LogP contribution >= 0.6 is 0 Å². The zero-order valence-electron chi connectivity index (χ0n) is 12.6. The first-order chi connectivity index (χ1) is 11.1. The van der Waals surface area contributed by atoms with Gasteiger partial charge in [-0.2, -0.15) is 0 Å². The molecule has 1 aliphatic heterocycles. The average Bonchev–Trinajstić information content (AvgIpc) is 2.62. The minimum Gasteiger partial charge on any atom is -0.481 e. The molecule has 6 heteroatoms. The fourth-order valence-electron chi connectivity index (χ4n) is 2.72. The molecule has 1 N–H and O–H groups in total. The zero-order chi connectivity index (χ0) is 16.2. The van der Waals surface area contributed by atoms with E-state index in [1.165, 1.54) is 12.4 Å². The number of amides is 1. The van der Waals surface area contributed by atoms with Crippen molar-refractivity contribution >= 4 is 11.9 Å². The summed E-state index contributed by atoms with van der Waals surface area (Å²) >= 11 is 0. The van der Waals surface area contributed by atoms with Crippen LogP contribution in [0.15, 0.2) is 42.7 Å². The highest BCUT2D eigenvalue weighted by atomic mass is 16.4. The summed E-state index contributed by atoms with van der Waals surface area (Å²) in [5, 5.41) is 9.11. The molecule has 2 aromatic rings. The summed E-state index contributed by atoms with van der Waals surface area (Å²) in [5.74, 6) is -0.991. The minimum atomic E-state index is -0.849.